The van der Waals surface area contributed by atoms with E-state index in [9.17, 15) is 9.90 Å². The first-order chi connectivity index (χ1) is 12.2. The number of hydrogen-bond donors (Lipinski definition) is 2. The summed E-state index contributed by atoms with van der Waals surface area (Å²) in [5.74, 6) is -0.486. The first-order valence-corrected chi connectivity index (χ1v) is 8.57. The molecule has 0 radical (unpaired) electrons. The summed E-state index contributed by atoms with van der Waals surface area (Å²) in [5, 5.41) is 13.8. The van der Waals surface area contributed by atoms with Gasteiger partial charge in [-0.2, -0.15) is 5.10 Å². The van der Waals surface area contributed by atoms with Crippen molar-refractivity contribution in [1.82, 2.24) is 5.43 Å². The normalized spacial score (nSPS) is 11.6. The average Bonchev–Trinajstić information content (AvgIpc) is 2.63. The van der Waals surface area contributed by atoms with Crippen LogP contribution in [0.2, 0.25) is 0 Å². The van der Waals surface area contributed by atoms with Crippen molar-refractivity contribution in [3.63, 3.8) is 0 Å². The van der Waals surface area contributed by atoms with Crippen molar-refractivity contribution in [2.45, 2.75) is 32.6 Å². The van der Waals surface area contributed by atoms with Crippen molar-refractivity contribution in [2.24, 2.45) is 5.10 Å². The fraction of sp³-hybridized carbons (Fsp3) is 0.238. The first-order valence-electron chi connectivity index (χ1n) is 8.57. The summed E-state index contributed by atoms with van der Waals surface area (Å²) in [6.45, 7) is 2.17. The molecule has 25 heavy (non-hydrogen) atoms. The van der Waals surface area contributed by atoms with Gasteiger partial charge in [0.15, 0.2) is 0 Å². The van der Waals surface area contributed by atoms with E-state index < -0.39 is 5.91 Å². The third-order valence-corrected chi connectivity index (χ3v) is 3.77. The molecule has 4 heteroatoms. The lowest BCUT2D eigenvalue weighted by molar-refractivity contribution is 0.0952. The number of allylic oxidation sites excluding steroid dienone is 1. The van der Waals surface area contributed by atoms with E-state index in [1.54, 1.807) is 24.4 Å². The maximum absolute atomic E-state index is 12.1. The van der Waals surface area contributed by atoms with Crippen LogP contribution in [0.5, 0.6) is 5.75 Å². The number of benzene rings is 2. The number of hydrazone groups is 1. The second kappa shape index (κ2) is 10.1. The van der Waals surface area contributed by atoms with E-state index in [1.165, 1.54) is 6.07 Å². The number of carbonyl (C=O) groups excluding carboxylic acids is 1. The Morgan fingerprint density at radius 1 is 1.08 bits per heavy atom. The van der Waals surface area contributed by atoms with Gasteiger partial charge in [-0.3, -0.25) is 4.79 Å². The van der Waals surface area contributed by atoms with Crippen molar-refractivity contribution in [3.8, 4) is 5.75 Å². The summed E-state index contributed by atoms with van der Waals surface area (Å²) in [5.41, 5.74) is 4.84. The summed E-state index contributed by atoms with van der Waals surface area (Å²) in [7, 11) is 0. The summed E-state index contributed by atoms with van der Waals surface area (Å²) in [6, 6.07) is 16.4. The number of carbonyl (C=O) groups is 1. The van der Waals surface area contributed by atoms with Crippen molar-refractivity contribution >= 4 is 18.2 Å². The molecule has 2 aromatic rings. The second-order valence-electron chi connectivity index (χ2n) is 5.80. The molecule has 0 saturated heterocycles. The van der Waals surface area contributed by atoms with Crippen LogP contribution < -0.4 is 5.43 Å². The van der Waals surface area contributed by atoms with Crippen LogP contribution in [0, 0.1) is 0 Å². The van der Waals surface area contributed by atoms with Gasteiger partial charge in [-0.05, 0) is 36.1 Å². The average molecular weight is 336 g/mol. The van der Waals surface area contributed by atoms with E-state index in [0.29, 0.717) is 0 Å². The van der Waals surface area contributed by atoms with Gasteiger partial charge < -0.3 is 5.11 Å². The molecule has 0 bridgehead atoms. The van der Waals surface area contributed by atoms with Crippen LogP contribution in [0.3, 0.4) is 0 Å². The van der Waals surface area contributed by atoms with Crippen LogP contribution in [-0.4, -0.2) is 17.2 Å². The Bertz CT molecular complexity index is 737. The van der Waals surface area contributed by atoms with E-state index in [2.05, 4.69) is 23.5 Å². The fourth-order valence-electron chi connectivity index (χ4n) is 2.42. The lowest BCUT2D eigenvalue weighted by Crippen LogP contribution is -2.17. The number of nitrogens with zero attached hydrogens (tertiary/aromatic N) is 1. The first kappa shape index (κ1) is 18.5. The number of phenols is 1. The van der Waals surface area contributed by atoms with Crippen molar-refractivity contribution in [2.75, 3.05) is 0 Å². The van der Waals surface area contributed by atoms with E-state index in [1.807, 2.05) is 30.3 Å². The molecule has 0 atom stereocenters. The van der Waals surface area contributed by atoms with Gasteiger partial charge in [-0.25, -0.2) is 5.43 Å². The third kappa shape index (κ3) is 6.26. The molecule has 0 unspecified atom stereocenters. The maximum Gasteiger partial charge on any atom is 0.275 e. The molecule has 2 N–H and O–H groups in total. The fourth-order valence-corrected chi connectivity index (χ4v) is 2.42. The Kier molecular flexibility index (Phi) is 7.44. The molecule has 0 heterocycles. The third-order valence-electron chi connectivity index (χ3n) is 3.77. The number of amides is 1. The SMILES string of the molecule is CCCCC/C(C=NNC(=O)c1ccccc1O)=C\c1ccccc1. The van der Waals surface area contributed by atoms with Crippen LogP contribution >= 0.6 is 0 Å². The highest BCUT2D eigenvalue weighted by Gasteiger charge is 2.08. The van der Waals surface area contributed by atoms with E-state index in [4.69, 9.17) is 0 Å². The monoisotopic (exact) mass is 336 g/mol. The molecule has 0 aliphatic carbocycles. The standard InChI is InChI=1S/C21H24N2O2/c1-2-3-5-12-18(15-17-10-6-4-7-11-17)16-22-23-21(25)19-13-8-9-14-20(19)24/h4,6-11,13-16,24H,2-3,5,12H2,1H3,(H,23,25)/b18-15+,22-16?. The molecule has 0 spiro atoms. The topological polar surface area (TPSA) is 61.7 Å². The van der Waals surface area contributed by atoms with Gasteiger partial charge in [0.1, 0.15) is 5.75 Å². The van der Waals surface area contributed by atoms with Crippen LogP contribution in [0.1, 0.15) is 48.5 Å². The van der Waals surface area contributed by atoms with Gasteiger partial charge in [-0.15, -0.1) is 0 Å². The zero-order valence-corrected chi connectivity index (χ0v) is 14.5. The van der Waals surface area contributed by atoms with E-state index in [0.717, 1.165) is 36.8 Å². The van der Waals surface area contributed by atoms with Gasteiger partial charge >= 0.3 is 0 Å². The summed E-state index contributed by atoms with van der Waals surface area (Å²) >= 11 is 0. The zero-order chi connectivity index (χ0) is 17.9. The minimum Gasteiger partial charge on any atom is -0.507 e. The summed E-state index contributed by atoms with van der Waals surface area (Å²) in [4.78, 5) is 12.1. The molecule has 0 fully saturated rings. The Labute approximate surface area is 148 Å². The highest BCUT2D eigenvalue weighted by Crippen LogP contribution is 2.15. The molecule has 1 amide bonds. The van der Waals surface area contributed by atoms with Crippen LogP contribution in [-0.2, 0) is 0 Å². The van der Waals surface area contributed by atoms with Gasteiger partial charge in [0, 0.05) is 0 Å². The van der Waals surface area contributed by atoms with Gasteiger partial charge in [-0.1, -0.05) is 68.3 Å². The molecule has 0 saturated carbocycles. The number of rotatable bonds is 8. The van der Waals surface area contributed by atoms with Crippen LogP contribution in [0.15, 0.2) is 65.3 Å². The number of aromatic hydroxyl groups is 1. The minimum absolute atomic E-state index is 0.0572. The lowest BCUT2D eigenvalue weighted by atomic mass is 10.1. The number of phenolic OH excluding ortho intramolecular Hbond substituents is 1. The van der Waals surface area contributed by atoms with Gasteiger partial charge in [0.05, 0.1) is 11.8 Å². The number of para-hydroxylation sites is 1. The number of hydrogen-bond acceptors (Lipinski definition) is 3. The molecular formula is C21H24N2O2. The molecule has 2 rings (SSSR count). The molecular weight excluding hydrogens is 312 g/mol. The van der Waals surface area contributed by atoms with Crippen molar-refractivity contribution in [1.29, 1.82) is 0 Å². The number of nitrogens with one attached hydrogen (secondary N) is 1. The Morgan fingerprint density at radius 3 is 2.52 bits per heavy atom. The zero-order valence-electron chi connectivity index (χ0n) is 14.5. The van der Waals surface area contributed by atoms with Crippen LogP contribution in [0.4, 0.5) is 0 Å². The Balaban J connectivity index is 2.05. The number of unbranched alkanes of at least 4 members (excludes halogenated alkanes) is 2. The Hall–Kier alpha value is -2.88. The molecule has 130 valence electrons. The van der Waals surface area contributed by atoms with Gasteiger partial charge in [0.2, 0.25) is 0 Å². The molecule has 0 aliphatic heterocycles. The molecule has 0 aliphatic rings. The lowest BCUT2D eigenvalue weighted by Gasteiger charge is -2.04. The summed E-state index contributed by atoms with van der Waals surface area (Å²) in [6.07, 6.45) is 8.04. The Morgan fingerprint density at radius 2 is 1.80 bits per heavy atom. The smallest absolute Gasteiger partial charge is 0.275 e. The quantitative estimate of drug-likeness (QED) is 0.414. The second-order valence-corrected chi connectivity index (χ2v) is 5.80. The molecule has 2 aromatic carbocycles. The van der Waals surface area contributed by atoms with Crippen molar-refractivity contribution < 1.29 is 9.90 Å². The van der Waals surface area contributed by atoms with Crippen LogP contribution in [0.25, 0.3) is 6.08 Å². The molecule has 0 aromatic heterocycles. The maximum atomic E-state index is 12.1. The van der Waals surface area contributed by atoms with E-state index in [-0.39, 0.29) is 11.3 Å². The molecule has 4 nitrogen and oxygen atoms in total. The highest BCUT2D eigenvalue weighted by atomic mass is 16.3. The van der Waals surface area contributed by atoms with Gasteiger partial charge in [0.25, 0.3) is 5.91 Å². The predicted octanol–water partition coefficient (Wildman–Crippen LogP) is 4.77. The van der Waals surface area contributed by atoms with E-state index >= 15 is 0 Å². The largest absolute Gasteiger partial charge is 0.507 e. The minimum atomic E-state index is -0.429. The predicted molar refractivity (Wildman–Crippen MR) is 103 cm³/mol. The summed E-state index contributed by atoms with van der Waals surface area (Å²) < 4.78 is 0. The van der Waals surface area contributed by atoms with Crippen molar-refractivity contribution in [3.05, 3.63) is 71.3 Å². The highest BCUT2D eigenvalue weighted by molar-refractivity contribution is 5.97.